The number of halogens is 18. The molecule has 0 fully saturated rings. The van der Waals surface area contributed by atoms with Crippen molar-refractivity contribution >= 4 is 43.6 Å². The zero-order valence-corrected chi connectivity index (χ0v) is 51.2. The van der Waals surface area contributed by atoms with Crippen molar-refractivity contribution in [1.29, 1.82) is 5.26 Å². The smallest absolute Gasteiger partial charge is 0.309 e. The largest absolute Gasteiger partial charge is 0.417 e. The van der Waals surface area contributed by atoms with E-state index in [9.17, 15) is 71.1 Å². The lowest BCUT2D eigenvalue weighted by molar-refractivity contribution is -0.144. The predicted molar refractivity (Wildman–Crippen MR) is 341 cm³/mol. The van der Waals surface area contributed by atoms with Gasteiger partial charge in [0.15, 0.2) is 0 Å². The molecule has 98 heavy (non-hydrogen) atoms. The summed E-state index contributed by atoms with van der Waals surface area (Å²) in [5.41, 5.74) is -4.19. The fraction of sp³-hybridized carbons (Fsp3) is 0.130. The Morgan fingerprint density at radius 1 is 0.255 bits per heavy atom. The molecule has 0 bridgehead atoms. The lowest BCUT2D eigenvalue weighted by Crippen LogP contribution is -2.12. The predicted octanol–water partition coefficient (Wildman–Crippen LogP) is 25.1. The van der Waals surface area contributed by atoms with Crippen LogP contribution in [0.4, 0.5) is 79.0 Å². The van der Waals surface area contributed by atoms with Gasteiger partial charge in [-0.25, -0.2) is 0 Å². The summed E-state index contributed by atoms with van der Waals surface area (Å²) in [7, 11) is 0. The van der Waals surface area contributed by atoms with Gasteiger partial charge in [-0.2, -0.15) is 84.3 Å². The van der Waals surface area contributed by atoms with Gasteiger partial charge in [-0.05, 0) is 216 Å². The van der Waals surface area contributed by atoms with E-state index in [1.807, 2.05) is 38.1 Å². The fourth-order valence-electron chi connectivity index (χ4n) is 13.1. The summed E-state index contributed by atoms with van der Waals surface area (Å²) in [5, 5.41) is 11.9. The number of aryl methyl sites for hydroxylation is 4. The minimum atomic E-state index is -5.39. The van der Waals surface area contributed by atoms with Crippen LogP contribution >= 0.6 is 0 Å². The Balaban J connectivity index is 1.14. The van der Waals surface area contributed by atoms with Crippen LogP contribution in [0, 0.1) is 39.0 Å². The molecule has 0 N–H and O–H groups in total. The molecule has 2 aromatic heterocycles. The molecule has 13 rings (SSSR count). The Bertz CT molecular complexity index is 5440. The summed E-state index contributed by atoms with van der Waals surface area (Å²) in [6.45, 7) is 6.72. The highest BCUT2D eigenvalue weighted by atomic mass is 19.4. The summed E-state index contributed by atoms with van der Waals surface area (Å²) in [6, 6.07) is 43.8. The van der Waals surface area contributed by atoms with Crippen molar-refractivity contribution in [2.45, 2.75) is 64.8 Å². The summed E-state index contributed by atoms with van der Waals surface area (Å²) in [4.78, 5) is 0. The molecular formula is C77H45F18N3. The molecule has 0 radical (unpaired) electrons. The second-order valence-electron chi connectivity index (χ2n) is 24.3. The van der Waals surface area contributed by atoms with E-state index in [-0.39, 0.29) is 101 Å². The summed E-state index contributed by atoms with van der Waals surface area (Å²) in [6.07, 6.45) is -30.7. The highest BCUT2D eigenvalue weighted by Crippen LogP contribution is 2.49. The minimum Gasteiger partial charge on any atom is -0.309 e. The van der Waals surface area contributed by atoms with E-state index in [2.05, 4.69) is 6.07 Å². The Labute approximate surface area is 545 Å². The first-order valence-corrected chi connectivity index (χ1v) is 29.8. The van der Waals surface area contributed by atoms with Crippen LogP contribution in [-0.4, -0.2) is 9.13 Å². The Morgan fingerprint density at radius 3 is 0.939 bits per heavy atom. The van der Waals surface area contributed by atoms with E-state index < -0.39 is 81.6 Å². The van der Waals surface area contributed by atoms with Crippen LogP contribution in [0.1, 0.15) is 61.2 Å². The maximum Gasteiger partial charge on any atom is 0.417 e. The monoisotopic (exact) mass is 1350 g/mol. The number of hydrogen-bond donors (Lipinski definition) is 0. The molecule has 13 aromatic rings. The first kappa shape index (κ1) is 65.9. The first-order chi connectivity index (χ1) is 45.9. The van der Waals surface area contributed by atoms with E-state index in [1.165, 1.54) is 92.7 Å². The fourth-order valence-corrected chi connectivity index (χ4v) is 13.1. The summed E-state index contributed by atoms with van der Waals surface area (Å²) >= 11 is 0. The number of nitrogens with zero attached hydrogens (tertiary/aromatic N) is 3. The molecule has 0 amide bonds. The number of aromatic nitrogens is 2. The number of nitriles is 1. The van der Waals surface area contributed by atoms with Crippen molar-refractivity contribution < 1.29 is 79.0 Å². The Hall–Kier alpha value is -10.8. The quantitative estimate of drug-likeness (QED) is 0.140. The highest BCUT2D eigenvalue weighted by Gasteiger charge is 2.40. The van der Waals surface area contributed by atoms with Crippen molar-refractivity contribution in [3.8, 4) is 84.2 Å². The van der Waals surface area contributed by atoms with Crippen LogP contribution in [0.5, 0.6) is 0 Å². The molecule has 21 heteroatoms. The van der Waals surface area contributed by atoms with Crippen LogP contribution in [0.2, 0.25) is 0 Å². The Kier molecular flexibility index (Phi) is 15.6. The summed E-state index contributed by atoms with van der Waals surface area (Å²) < 4.78 is 266. The molecule has 3 nitrogen and oxygen atoms in total. The van der Waals surface area contributed by atoms with Crippen molar-refractivity contribution in [1.82, 2.24) is 9.13 Å². The van der Waals surface area contributed by atoms with E-state index >= 15 is 13.2 Å². The van der Waals surface area contributed by atoms with Crippen LogP contribution in [0.15, 0.2) is 200 Å². The molecule has 0 spiro atoms. The van der Waals surface area contributed by atoms with Gasteiger partial charge in [-0.3, -0.25) is 0 Å². The first-order valence-electron chi connectivity index (χ1n) is 29.8. The average molecular weight is 1350 g/mol. The Morgan fingerprint density at radius 2 is 0.571 bits per heavy atom. The van der Waals surface area contributed by atoms with Gasteiger partial charge in [0.1, 0.15) is 0 Å². The number of benzene rings is 11. The average Bonchev–Trinajstić information content (AvgIpc) is 1.55. The van der Waals surface area contributed by atoms with Gasteiger partial charge in [-0.15, -0.1) is 0 Å². The van der Waals surface area contributed by atoms with E-state index in [4.69, 9.17) is 0 Å². The number of rotatable bonds is 8. The van der Waals surface area contributed by atoms with Crippen LogP contribution < -0.4 is 0 Å². The number of hydrogen-bond acceptors (Lipinski definition) is 1. The highest BCUT2D eigenvalue weighted by molar-refractivity contribution is 6.14. The van der Waals surface area contributed by atoms with Gasteiger partial charge in [-0.1, -0.05) is 90.0 Å². The maximum absolute atomic E-state index is 15.3. The molecule has 2 heterocycles. The number of fused-ring (bicyclic) bond motifs is 6. The van der Waals surface area contributed by atoms with Gasteiger partial charge in [0, 0.05) is 32.7 Å². The van der Waals surface area contributed by atoms with Crippen molar-refractivity contribution in [3.63, 3.8) is 0 Å². The zero-order chi connectivity index (χ0) is 70.2. The van der Waals surface area contributed by atoms with Crippen LogP contribution in [-0.2, 0) is 37.1 Å². The standard InChI is InChI=1S/C77H45F18N3/c1-39-19-40(2)21-49(20-39)44-7-15-68-61(31-44)63-33-46(51-23-42(4)25-55(28-51)74(84,85)86)9-17-69(63)98(68)71-35-48(58-14-11-53(72(78,79)80)37-65(58)77(93,94)95)6-13-60(71)59-12-5-43(38-96)26-70(59)97-66-16-8-45(50-22-41(3)24-54(27-50)73(81,82)83)32-62(66)64-34-47(10-18-67(64)97)52-29-56(75(87,88)89)36-57(30-52)76(90,91)92/h5-37H,1-4H3. The molecule has 0 unspecified atom stereocenters. The third-order valence-electron chi connectivity index (χ3n) is 17.3. The van der Waals surface area contributed by atoms with Gasteiger partial charge < -0.3 is 9.13 Å². The second-order valence-corrected chi connectivity index (χ2v) is 24.3. The number of alkyl halides is 18. The lowest BCUT2D eigenvalue weighted by Gasteiger charge is -2.21. The molecule has 0 saturated carbocycles. The molecule has 494 valence electrons. The van der Waals surface area contributed by atoms with Crippen molar-refractivity contribution in [3.05, 3.63) is 261 Å². The van der Waals surface area contributed by atoms with E-state index in [0.29, 0.717) is 57.2 Å². The zero-order valence-electron chi connectivity index (χ0n) is 51.2. The molecular weight excluding hydrogens is 1310 g/mol. The maximum atomic E-state index is 15.3. The topological polar surface area (TPSA) is 33.6 Å². The molecule has 0 aliphatic heterocycles. The molecule has 0 aliphatic rings. The normalized spacial score (nSPS) is 12.8. The van der Waals surface area contributed by atoms with Crippen LogP contribution in [0.3, 0.4) is 0 Å². The third-order valence-corrected chi connectivity index (χ3v) is 17.3. The van der Waals surface area contributed by atoms with E-state index in [0.717, 1.165) is 41.0 Å². The second kappa shape index (κ2) is 23.2. The minimum absolute atomic E-state index is 0.0107. The molecule has 0 atom stereocenters. The third kappa shape index (κ3) is 12.3. The van der Waals surface area contributed by atoms with Gasteiger partial charge in [0.25, 0.3) is 0 Å². The van der Waals surface area contributed by atoms with Gasteiger partial charge in [0.2, 0.25) is 0 Å². The molecule has 11 aromatic carbocycles. The SMILES string of the molecule is Cc1cc(C)cc(-c2ccc3c(c2)c2cc(-c4cc(C)cc(C(F)(F)F)c4)ccc2n3-c2cc(-c3ccc(C(F)(F)F)cc3C(F)(F)F)ccc2-c2ccc(C#N)cc2-n2c3ccc(-c4cc(C)cc(C(F)(F)F)c4)cc3c3cc(-c4cc(C(F)(F)F)cc(C(F)(F)F)c4)ccc32)c1. The van der Waals surface area contributed by atoms with E-state index in [1.54, 1.807) is 45.5 Å². The van der Waals surface area contributed by atoms with Crippen molar-refractivity contribution in [2.24, 2.45) is 0 Å². The van der Waals surface area contributed by atoms with Gasteiger partial charge >= 0.3 is 37.1 Å². The lowest BCUT2D eigenvalue weighted by atomic mass is 9.92. The summed E-state index contributed by atoms with van der Waals surface area (Å²) in [5.74, 6) is 0. The van der Waals surface area contributed by atoms with Gasteiger partial charge in [0.05, 0.1) is 78.5 Å². The van der Waals surface area contributed by atoms with Crippen LogP contribution in [0.25, 0.3) is 122 Å². The van der Waals surface area contributed by atoms with Crippen molar-refractivity contribution in [2.75, 3.05) is 0 Å². The molecule has 0 saturated heterocycles. The molecule has 0 aliphatic carbocycles.